The number of allylic oxidation sites excluding steroid dienone is 2. The van der Waals surface area contributed by atoms with Crippen molar-refractivity contribution in [2.45, 2.75) is 59.4 Å². The van der Waals surface area contributed by atoms with Crippen molar-refractivity contribution < 1.29 is 14.7 Å². The SMILES string of the molecule is CC(C)(C)C1(C)C=C(CN2C(=O)C3=C(CCCC3)C2=O)C(O)=C(n2nc3ccccc3n2)C1n1nc2ccccc2n1. The summed E-state index contributed by atoms with van der Waals surface area (Å²) in [6.07, 6.45) is 5.03. The summed E-state index contributed by atoms with van der Waals surface area (Å²) >= 11 is 0. The van der Waals surface area contributed by atoms with Gasteiger partial charge in [-0.2, -0.15) is 15.0 Å². The molecule has 2 aromatic heterocycles. The van der Waals surface area contributed by atoms with Gasteiger partial charge in [0.15, 0.2) is 0 Å². The Hall–Kier alpha value is -4.60. The van der Waals surface area contributed by atoms with E-state index in [9.17, 15) is 14.7 Å². The summed E-state index contributed by atoms with van der Waals surface area (Å²) in [4.78, 5) is 31.2. The zero-order chi connectivity index (χ0) is 29.4. The Kier molecular flexibility index (Phi) is 5.77. The quantitative estimate of drug-likeness (QED) is 0.331. The number of carbonyl (C=O) groups excluding carboxylic acids is 2. The summed E-state index contributed by atoms with van der Waals surface area (Å²) in [7, 11) is 0. The number of hydrogen-bond acceptors (Lipinski definition) is 7. The van der Waals surface area contributed by atoms with Gasteiger partial charge in [0.2, 0.25) is 0 Å². The molecule has 3 heterocycles. The first-order valence-corrected chi connectivity index (χ1v) is 14.4. The molecule has 10 nitrogen and oxygen atoms in total. The van der Waals surface area contributed by atoms with E-state index >= 15 is 0 Å². The molecule has 7 rings (SSSR count). The molecule has 0 bridgehead atoms. The molecule has 0 radical (unpaired) electrons. The summed E-state index contributed by atoms with van der Waals surface area (Å²) in [6.45, 7) is 8.41. The monoisotopic (exact) mass is 563 g/mol. The minimum absolute atomic E-state index is 0.0479. The van der Waals surface area contributed by atoms with Crippen molar-refractivity contribution in [1.82, 2.24) is 34.9 Å². The molecule has 0 saturated heterocycles. The molecule has 2 amide bonds. The predicted octanol–water partition coefficient (Wildman–Crippen LogP) is 5.38. The van der Waals surface area contributed by atoms with E-state index in [2.05, 4.69) is 27.7 Å². The highest BCUT2D eigenvalue weighted by Crippen LogP contribution is 2.56. The second-order valence-electron chi connectivity index (χ2n) is 12.7. The van der Waals surface area contributed by atoms with Crippen LogP contribution in [0.25, 0.3) is 27.8 Å². The van der Waals surface area contributed by atoms with Gasteiger partial charge in [0, 0.05) is 22.1 Å². The lowest BCUT2D eigenvalue weighted by atomic mass is 9.60. The first-order chi connectivity index (χ1) is 20.1. The van der Waals surface area contributed by atoms with Crippen molar-refractivity contribution in [1.29, 1.82) is 0 Å². The average Bonchev–Trinajstić information content (AvgIpc) is 3.65. The molecular weight excluding hydrogens is 530 g/mol. The summed E-state index contributed by atoms with van der Waals surface area (Å²) < 4.78 is 0. The smallest absolute Gasteiger partial charge is 0.257 e. The molecule has 42 heavy (non-hydrogen) atoms. The van der Waals surface area contributed by atoms with E-state index in [4.69, 9.17) is 20.4 Å². The molecule has 3 aliphatic rings. The normalized spacial score (nSPS) is 23.4. The number of carbonyl (C=O) groups is 2. The minimum Gasteiger partial charge on any atom is -0.506 e. The van der Waals surface area contributed by atoms with E-state index < -0.39 is 16.9 Å². The number of aliphatic hydroxyl groups excluding tert-OH is 1. The van der Waals surface area contributed by atoms with Gasteiger partial charge in [0.1, 0.15) is 39.6 Å². The lowest BCUT2D eigenvalue weighted by molar-refractivity contribution is -0.137. The summed E-state index contributed by atoms with van der Waals surface area (Å²) in [5.74, 6) is -0.603. The zero-order valence-electron chi connectivity index (χ0n) is 24.2. The van der Waals surface area contributed by atoms with E-state index in [0.717, 1.165) is 23.9 Å². The molecule has 2 unspecified atom stereocenters. The van der Waals surface area contributed by atoms with Crippen molar-refractivity contribution in [2.75, 3.05) is 6.54 Å². The lowest BCUT2D eigenvalue weighted by Gasteiger charge is -2.48. The van der Waals surface area contributed by atoms with Gasteiger partial charge in [-0.3, -0.25) is 14.5 Å². The number of fused-ring (bicyclic) bond motifs is 2. The Morgan fingerprint density at radius 2 is 1.31 bits per heavy atom. The van der Waals surface area contributed by atoms with Crippen LogP contribution in [-0.4, -0.2) is 58.4 Å². The molecule has 0 spiro atoms. The first-order valence-electron chi connectivity index (χ1n) is 14.4. The third kappa shape index (κ3) is 3.84. The third-order valence-electron chi connectivity index (χ3n) is 9.30. The number of rotatable bonds is 4. The maximum atomic E-state index is 13.4. The lowest BCUT2D eigenvalue weighted by Crippen LogP contribution is -2.46. The highest BCUT2D eigenvalue weighted by molar-refractivity contribution is 6.19. The van der Waals surface area contributed by atoms with Crippen LogP contribution >= 0.6 is 0 Å². The molecule has 1 N–H and O–H groups in total. The Labute approximate surface area is 243 Å². The van der Waals surface area contributed by atoms with Gasteiger partial charge in [-0.1, -0.05) is 58.0 Å². The van der Waals surface area contributed by atoms with E-state index in [1.165, 1.54) is 9.70 Å². The molecular formula is C32H33N7O3. The van der Waals surface area contributed by atoms with Crippen LogP contribution in [0.1, 0.15) is 59.4 Å². The molecule has 10 heteroatoms. The largest absolute Gasteiger partial charge is 0.506 e. The fraction of sp³-hybridized carbons (Fsp3) is 0.375. The maximum absolute atomic E-state index is 13.4. The Morgan fingerprint density at radius 3 is 1.79 bits per heavy atom. The zero-order valence-corrected chi connectivity index (χ0v) is 24.2. The van der Waals surface area contributed by atoms with Crippen LogP contribution in [0, 0.1) is 10.8 Å². The minimum atomic E-state index is -0.711. The number of amides is 2. The number of imide groups is 1. The number of aromatic nitrogens is 6. The predicted molar refractivity (Wildman–Crippen MR) is 158 cm³/mol. The Bertz CT molecular complexity index is 1790. The van der Waals surface area contributed by atoms with Crippen LogP contribution in [0.5, 0.6) is 0 Å². The standard InChI is InChI=1S/C32H33N7O3/c1-31(2,3)32(4)17-19(18-37-29(41)20-11-5-6-12-21(20)30(37)42)27(40)26(38-33-22-13-7-8-14-23(22)34-38)28(32)39-35-24-15-9-10-16-25(24)36-39/h7-10,13-17,28,40H,5-6,11-12,18H2,1-4H3. The van der Waals surface area contributed by atoms with Gasteiger partial charge in [0.25, 0.3) is 11.8 Å². The first kappa shape index (κ1) is 26.3. The Balaban J connectivity index is 1.43. The molecule has 2 aliphatic carbocycles. The van der Waals surface area contributed by atoms with E-state index in [0.29, 0.717) is 46.3 Å². The molecule has 2 aromatic carbocycles. The number of hydrogen-bond donors (Lipinski definition) is 1. The van der Waals surface area contributed by atoms with Gasteiger partial charge in [-0.05, 0) is 55.4 Å². The summed E-state index contributed by atoms with van der Waals surface area (Å²) in [5, 5.41) is 31.3. The van der Waals surface area contributed by atoms with E-state index in [1.807, 2.05) is 54.6 Å². The molecule has 0 saturated carbocycles. The molecule has 1 aliphatic heterocycles. The maximum Gasteiger partial charge on any atom is 0.257 e. The van der Waals surface area contributed by atoms with Crippen molar-refractivity contribution in [3.05, 3.63) is 77.1 Å². The van der Waals surface area contributed by atoms with Crippen molar-refractivity contribution in [3.8, 4) is 0 Å². The van der Waals surface area contributed by atoms with Crippen molar-refractivity contribution >= 4 is 39.6 Å². The number of nitrogens with zero attached hydrogens (tertiary/aromatic N) is 7. The fourth-order valence-corrected chi connectivity index (χ4v) is 6.46. The highest BCUT2D eigenvalue weighted by atomic mass is 16.3. The van der Waals surface area contributed by atoms with Crippen molar-refractivity contribution in [2.24, 2.45) is 10.8 Å². The Morgan fingerprint density at radius 1 is 0.833 bits per heavy atom. The van der Waals surface area contributed by atoms with Gasteiger partial charge in [0.05, 0.1) is 6.54 Å². The topological polar surface area (TPSA) is 119 Å². The van der Waals surface area contributed by atoms with Gasteiger partial charge in [-0.15, -0.1) is 15.0 Å². The number of benzene rings is 2. The average molecular weight is 564 g/mol. The highest BCUT2D eigenvalue weighted by Gasteiger charge is 2.52. The fourth-order valence-electron chi connectivity index (χ4n) is 6.46. The third-order valence-corrected chi connectivity index (χ3v) is 9.30. The number of aliphatic hydroxyl groups is 1. The van der Waals surface area contributed by atoms with Gasteiger partial charge in [-0.25, -0.2) is 0 Å². The molecule has 214 valence electrons. The van der Waals surface area contributed by atoms with Crippen LogP contribution in [0.2, 0.25) is 0 Å². The summed E-state index contributed by atoms with van der Waals surface area (Å²) in [6, 6.07) is 14.5. The van der Waals surface area contributed by atoms with E-state index in [-0.39, 0.29) is 24.1 Å². The molecule has 2 atom stereocenters. The van der Waals surface area contributed by atoms with Gasteiger partial charge < -0.3 is 5.11 Å². The van der Waals surface area contributed by atoms with Gasteiger partial charge >= 0.3 is 0 Å². The van der Waals surface area contributed by atoms with Crippen LogP contribution in [-0.2, 0) is 9.59 Å². The summed E-state index contributed by atoms with van der Waals surface area (Å²) in [5.41, 5.74) is 3.80. The van der Waals surface area contributed by atoms with Crippen LogP contribution in [0.15, 0.2) is 77.1 Å². The second-order valence-corrected chi connectivity index (χ2v) is 12.7. The molecule has 0 fully saturated rings. The van der Waals surface area contributed by atoms with Crippen LogP contribution < -0.4 is 0 Å². The molecule has 4 aromatic rings. The van der Waals surface area contributed by atoms with Crippen LogP contribution in [0.4, 0.5) is 0 Å². The van der Waals surface area contributed by atoms with Crippen molar-refractivity contribution in [3.63, 3.8) is 0 Å². The van der Waals surface area contributed by atoms with E-state index in [1.54, 1.807) is 4.80 Å². The van der Waals surface area contributed by atoms with Crippen LogP contribution in [0.3, 0.4) is 0 Å². The second kappa shape index (κ2) is 9.20.